The van der Waals surface area contributed by atoms with Crippen molar-refractivity contribution in [2.45, 2.75) is 50.6 Å². The van der Waals surface area contributed by atoms with Crippen LogP contribution in [0.5, 0.6) is 5.75 Å². The number of carboxylic acids is 1. The topological polar surface area (TPSA) is 110 Å². The Kier molecular flexibility index (Phi) is 8.11. The van der Waals surface area contributed by atoms with Gasteiger partial charge in [-0.05, 0) is 61.4 Å². The molecule has 4 rings (SSSR count). The average Bonchev–Trinajstić information content (AvgIpc) is 3.76. The maximum atomic E-state index is 13.8. The van der Waals surface area contributed by atoms with Gasteiger partial charge in [0.2, 0.25) is 5.91 Å². The third-order valence-electron chi connectivity index (χ3n) is 6.28. The number of amides is 2. The number of carbonyl (C=O) groups is 3. The molecule has 1 aliphatic rings. The van der Waals surface area contributed by atoms with Crippen LogP contribution < -0.4 is 10.5 Å². The van der Waals surface area contributed by atoms with Crippen LogP contribution in [0.4, 0.5) is 0 Å². The second-order valence-corrected chi connectivity index (χ2v) is 9.11. The summed E-state index contributed by atoms with van der Waals surface area (Å²) in [5.41, 5.74) is 8.39. The number of carboxylic acid groups (broad SMARTS) is 1. The van der Waals surface area contributed by atoms with E-state index in [2.05, 4.69) is 0 Å². The van der Waals surface area contributed by atoms with Crippen LogP contribution in [0.15, 0.2) is 78.9 Å². The van der Waals surface area contributed by atoms with Crippen molar-refractivity contribution in [1.29, 1.82) is 0 Å². The van der Waals surface area contributed by atoms with E-state index in [0.29, 0.717) is 43.4 Å². The Labute approximate surface area is 218 Å². The highest BCUT2D eigenvalue weighted by atomic mass is 16.5. The minimum atomic E-state index is -2.17. The van der Waals surface area contributed by atoms with Gasteiger partial charge in [-0.1, -0.05) is 60.7 Å². The number of rotatable bonds is 13. The van der Waals surface area contributed by atoms with Gasteiger partial charge >= 0.3 is 5.97 Å². The molecule has 7 nitrogen and oxygen atoms in total. The number of ether oxygens (including phenoxy) is 1. The number of hydrogen-bond donors (Lipinski definition) is 2. The normalized spacial score (nSPS) is 14.8. The fourth-order valence-corrected chi connectivity index (χ4v) is 4.26. The largest absolute Gasteiger partial charge is 0.493 e. The van der Waals surface area contributed by atoms with Crippen molar-refractivity contribution >= 4 is 17.8 Å². The van der Waals surface area contributed by atoms with Crippen molar-refractivity contribution < 1.29 is 25.6 Å². The van der Waals surface area contributed by atoms with Crippen molar-refractivity contribution in [2.75, 3.05) is 6.61 Å². The molecule has 0 spiro atoms. The van der Waals surface area contributed by atoms with E-state index >= 15 is 0 Å². The lowest BCUT2D eigenvalue weighted by molar-refractivity contribution is -0.137. The molecule has 1 saturated carbocycles. The van der Waals surface area contributed by atoms with Gasteiger partial charge in [0.1, 0.15) is 11.8 Å². The molecule has 0 bridgehead atoms. The predicted octanol–water partition coefficient (Wildman–Crippen LogP) is 5.21. The number of unbranched alkanes of at least 4 members (excludes halogenated alkanes) is 2. The Morgan fingerprint density at radius 3 is 2.22 bits per heavy atom. The molecule has 37 heavy (non-hydrogen) atoms. The fourth-order valence-electron chi connectivity index (χ4n) is 4.26. The monoisotopic (exact) mass is 501 g/mol. The molecule has 1 aliphatic carbocycles. The number of primary amides is 1. The van der Waals surface area contributed by atoms with Gasteiger partial charge in [-0.15, -0.1) is 0 Å². The molecule has 7 heteroatoms. The third kappa shape index (κ3) is 6.76. The molecule has 0 radical (unpaired) electrons. The highest BCUT2D eigenvalue weighted by Crippen LogP contribution is 2.39. The van der Waals surface area contributed by atoms with Gasteiger partial charge in [0.15, 0.2) is 0 Å². The van der Waals surface area contributed by atoms with Crippen molar-refractivity contribution in [2.24, 2.45) is 5.73 Å². The van der Waals surface area contributed by atoms with E-state index in [4.69, 9.17) is 15.6 Å². The summed E-state index contributed by atoms with van der Waals surface area (Å²) in [5.74, 6) is -1.94. The molecule has 3 aromatic carbocycles. The molecule has 192 valence electrons. The summed E-state index contributed by atoms with van der Waals surface area (Å²) in [5, 5.41) is 8.79. The lowest BCUT2D eigenvalue weighted by Gasteiger charge is -2.31. The molecule has 3 aromatic rings. The minimum absolute atomic E-state index is 0.0961. The first-order chi connectivity index (χ1) is 18.3. The quantitative estimate of drug-likeness (QED) is 0.313. The Balaban J connectivity index is 1.59. The van der Waals surface area contributed by atoms with Crippen LogP contribution >= 0.6 is 0 Å². The number of carbonyl (C=O) groups excluding carboxylic acids is 2. The molecule has 3 N–H and O–H groups in total. The zero-order valence-electron chi connectivity index (χ0n) is 21.6. The Morgan fingerprint density at radius 1 is 0.919 bits per heavy atom. The van der Waals surface area contributed by atoms with E-state index in [1.54, 1.807) is 36.4 Å². The summed E-state index contributed by atoms with van der Waals surface area (Å²) < 4.78 is 15.2. The molecule has 1 unspecified atom stereocenters. The number of hydrogen-bond acceptors (Lipinski definition) is 4. The van der Waals surface area contributed by atoms with Crippen molar-refractivity contribution in [1.82, 2.24) is 4.90 Å². The molecular weight excluding hydrogens is 468 g/mol. The second-order valence-electron chi connectivity index (χ2n) is 9.11. The van der Waals surface area contributed by atoms with Gasteiger partial charge in [0.05, 0.1) is 7.98 Å². The summed E-state index contributed by atoms with van der Waals surface area (Å²) in [7, 11) is 0. The van der Waals surface area contributed by atoms with Gasteiger partial charge in [-0.3, -0.25) is 14.4 Å². The number of nitrogens with two attached hydrogens (primary N) is 1. The molecule has 1 atom stereocenters. The summed E-state index contributed by atoms with van der Waals surface area (Å²) in [6.45, 7) is 0.282. The number of aliphatic carboxylic acids is 1. The van der Waals surface area contributed by atoms with Crippen LogP contribution in [0, 0.1) is 0 Å². The van der Waals surface area contributed by atoms with Crippen LogP contribution in [0.2, 0.25) is 0 Å². The number of nitrogens with zero attached hydrogens (tertiary/aromatic N) is 1. The lowest BCUT2D eigenvalue weighted by Crippen LogP contribution is -2.43. The van der Waals surface area contributed by atoms with Gasteiger partial charge < -0.3 is 20.5 Å². The van der Waals surface area contributed by atoms with Gasteiger partial charge in [0, 0.05) is 23.6 Å². The van der Waals surface area contributed by atoms with Gasteiger partial charge in [0.25, 0.3) is 5.91 Å². The summed E-state index contributed by atoms with van der Waals surface area (Å²) in [6.07, 6.45) is 3.27. The van der Waals surface area contributed by atoms with Crippen molar-refractivity contribution in [3.8, 4) is 16.9 Å². The van der Waals surface area contributed by atoms with Crippen LogP contribution in [-0.4, -0.2) is 40.4 Å². The summed E-state index contributed by atoms with van der Waals surface area (Å²) >= 11 is 0. The van der Waals surface area contributed by atoms with E-state index in [0.717, 1.165) is 11.1 Å². The Hall–Kier alpha value is -4.13. The van der Waals surface area contributed by atoms with Crippen molar-refractivity contribution in [3.05, 3.63) is 90.0 Å². The molecule has 0 aromatic heterocycles. The summed E-state index contributed by atoms with van der Waals surface area (Å²) in [4.78, 5) is 38.7. The van der Waals surface area contributed by atoms with E-state index in [9.17, 15) is 15.8 Å². The standard InChI is InChI=1S/C30H32N2O5/c31-29(35)28(25-11-6-7-12-26(25)37-20-8-2-5-13-27(33)34)32(24-18-19-24)30(36)23-16-14-22(15-17-23)21-9-3-1-4-10-21/h1,3-4,6-7,9-12,14-17,24,28H,2,5,8,13,18-20H2,(H2,31,35)(H,33,34)/i28D. The predicted molar refractivity (Wildman–Crippen MR) is 141 cm³/mol. The van der Waals surface area contributed by atoms with Gasteiger partial charge in [-0.25, -0.2) is 0 Å². The van der Waals surface area contributed by atoms with E-state index in [1.807, 2.05) is 42.5 Å². The maximum absolute atomic E-state index is 13.8. The molecule has 0 saturated heterocycles. The van der Waals surface area contributed by atoms with Crippen LogP contribution in [0.1, 0.15) is 61.8 Å². The minimum Gasteiger partial charge on any atom is -0.493 e. The highest BCUT2D eigenvalue weighted by Gasteiger charge is 2.42. The zero-order chi connectivity index (χ0) is 27.1. The first-order valence-corrected chi connectivity index (χ1v) is 12.6. The Bertz CT molecular complexity index is 1280. The van der Waals surface area contributed by atoms with Crippen LogP contribution in [0.3, 0.4) is 0 Å². The van der Waals surface area contributed by atoms with E-state index in [1.165, 1.54) is 4.90 Å². The first kappa shape index (κ1) is 24.6. The molecule has 1 fully saturated rings. The zero-order valence-corrected chi connectivity index (χ0v) is 20.6. The first-order valence-electron chi connectivity index (χ1n) is 13.1. The number of benzene rings is 3. The van der Waals surface area contributed by atoms with Crippen molar-refractivity contribution in [3.63, 3.8) is 0 Å². The van der Waals surface area contributed by atoms with Crippen LogP contribution in [0.25, 0.3) is 11.1 Å². The maximum Gasteiger partial charge on any atom is 0.303 e. The Morgan fingerprint density at radius 2 is 1.57 bits per heavy atom. The highest BCUT2D eigenvalue weighted by molar-refractivity contribution is 5.98. The SMILES string of the molecule is [2H]C(C(N)=O)(c1ccccc1OCCCCCC(=O)O)N(C(=O)c1ccc(-c2ccccc2)cc1)C1CC1. The average molecular weight is 502 g/mol. The molecule has 0 aliphatic heterocycles. The molecular formula is C30H32N2O5. The van der Waals surface area contributed by atoms with E-state index < -0.39 is 23.8 Å². The van der Waals surface area contributed by atoms with Gasteiger partial charge in [-0.2, -0.15) is 0 Å². The third-order valence-corrected chi connectivity index (χ3v) is 6.28. The number of para-hydroxylation sites is 1. The lowest BCUT2D eigenvalue weighted by atomic mass is 10.00. The summed E-state index contributed by atoms with van der Waals surface area (Å²) in [6, 6.07) is 21.1. The smallest absolute Gasteiger partial charge is 0.303 e. The molecule has 2 amide bonds. The molecule has 0 heterocycles. The fraction of sp³-hybridized carbons (Fsp3) is 0.300. The second kappa shape index (κ2) is 12.2. The van der Waals surface area contributed by atoms with Crippen LogP contribution in [-0.2, 0) is 9.59 Å². The van der Waals surface area contributed by atoms with E-state index in [-0.39, 0.29) is 24.6 Å².